The van der Waals surface area contributed by atoms with Crippen molar-refractivity contribution >= 4 is 11.8 Å². The molecule has 0 atom stereocenters. The van der Waals surface area contributed by atoms with Crippen molar-refractivity contribution in [2.75, 3.05) is 11.9 Å². The number of carbonyl (C=O) groups excluding carboxylic acids is 1. The molecular formula is C9H10NO3-. The first-order valence-electron chi connectivity index (χ1n) is 3.91. The van der Waals surface area contributed by atoms with Gasteiger partial charge in [0.1, 0.15) is 6.09 Å². The van der Waals surface area contributed by atoms with E-state index in [1.807, 2.05) is 0 Å². The summed E-state index contributed by atoms with van der Waals surface area (Å²) in [6.45, 7) is -0.00819. The van der Waals surface area contributed by atoms with E-state index in [2.05, 4.69) is 5.32 Å². The third-order valence-corrected chi connectivity index (χ3v) is 1.64. The van der Waals surface area contributed by atoms with E-state index in [4.69, 9.17) is 5.11 Å². The molecule has 13 heavy (non-hydrogen) atoms. The third kappa shape index (κ3) is 2.76. The zero-order valence-corrected chi connectivity index (χ0v) is 6.99. The van der Waals surface area contributed by atoms with Crippen LogP contribution in [0.1, 0.15) is 5.56 Å². The van der Waals surface area contributed by atoms with Gasteiger partial charge in [-0.1, -0.05) is 18.2 Å². The molecule has 0 unspecified atom stereocenters. The Kier molecular flexibility index (Phi) is 3.28. The standard InChI is InChI=1S/C9H11NO3/c11-6-5-7-3-1-2-4-8(7)10-9(12)13/h1-4,10-11H,5-6H2,(H,12,13)/p-1. The zero-order chi connectivity index (χ0) is 9.68. The largest absolute Gasteiger partial charge is 0.530 e. The molecule has 0 heterocycles. The molecule has 0 aliphatic heterocycles. The second kappa shape index (κ2) is 4.47. The molecule has 0 aromatic heterocycles. The number of rotatable bonds is 3. The van der Waals surface area contributed by atoms with Gasteiger partial charge in [-0.05, 0) is 18.1 Å². The number of anilines is 1. The highest BCUT2D eigenvalue weighted by Crippen LogP contribution is 2.14. The molecule has 1 aromatic carbocycles. The van der Waals surface area contributed by atoms with E-state index >= 15 is 0 Å². The molecule has 0 aliphatic rings. The van der Waals surface area contributed by atoms with Crippen LogP contribution >= 0.6 is 0 Å². The van der Waals surface area contributed by atoms with Crippen LogP contribution in [0.4, 0.5) is 10.5 Å². The molecule has 0 aliphatic carbocycles. The summed E-state index contributed by atoms with van der Waals surface area (Å²) < 4.78 is 0. The molecule has 1 amide bonds. The minimum Gasteiger partial charge on any atom is -0.530 e. The van der Waals surface area contributed by atoms with Crippen molar-refractivity contribution in [2.24, 2.45) is 0 Å². The maximum absolute atomic E-state index is 10.2. The molecule has 2 N–H and O–H groups in total. The van der Waals surface area contributed by atoms with Crippen LogP contribution in [0.15, 0.2) is 24.3 Å². The summed E-state index contributed by atoms with van der Waals surface area (Å²) in [6.07, 6.45) is -0.915. The molecule has 4 nitrogen and oxygen atoms in total. The zero-order valence-electron chi connectivity index (χ0n) is 6.99. The first-order valence-corrected chi connectivity index (χ1v) is 3.91. The first-order chi connectivity index (χ1) is 6.24. The van der Waals surface area contributed by atoms with Gasteiger partial charge in [0.2, 0.25) is 0 Å². The predicted molar refractivity (Wildman–Crippen MR) is 46.3 cm³/mol. The molecule has 0 fully saturated rings. The number of nitrogens with one attached hydrogen (secondary N) is 1. The molecular weight excluding hydrogens is 170 g/mol. The topological polar surface area (TPSA) is 72.4 Å². The van der Waals surface area contributed by atoms with Gasteiger partial charge in [0.05, 0.1) is 0 Å². The lowest BCUT2D eigenvalue weighted by Crippen LogP contribution is -2.29. The van der Waals surface area contributed by atoms with E-state index in [0.29, 0.717) is 12.1 Å². The summed E-state index contributed by atoms with van der Waals surface area (Å²) in [7, 11) is 0. The van der Waals surface area contributed by atoms with E-state index in [0.717, 1.165) is 5.56 Å². The van der Waals surface area contributed by atoms with Gasteiger partial charge in [0.15, 0.2) is 0 Å². The Hall–Kier alpha value is -1.55. The number of benzene rings is 1. The van der Waals surface area contributed by atoms with Gasteiger partial charge in [-0.25, -0.2) is 0 Å². The van der Waals surface area contributed by atoms with Crippen LogP contribution in [0.3, 0.4) is 0 Å². The van der Waals surface area contributed by atoms with Crippen molar-refractivity contribution < 1.29 is 15.0 Å². The Morgan fingerprint density at radius 1 is 1.46 bits per heavy atom. The van der Waals surface area contributed by atoms with Crippen LogP contribution in [0.5, 0.6) is 0 Å². The number of carbonyl (C=O) groups is 1. The SMILES string of the molecule is O=C([O-])Nc1ccccc1CCO. The smallest absolute Gasteiger partial charge is 0.138 e. The fraction of sp³-hybridized carbons (Fsp3) is 0.222. The maximum Gasteiger partial charge on any atom is 0.138 e. The average Bonchev–Trinajstić information content (AvgIpc) is 2.08. The van der Waals surface area contributed by atoms with Crippen molar-refractivity contribution in [3.63, 3.8) is 0 Å². The van der Waals surface area contributed by atoms with Crippen molar-refractivity contribution in [1.82, 2.24) is 0 Å². The van der Waals surface area contributed by atoms with Crippen LogP contribution < -0.4 is 10.4 Å². The van der Waals surface area contributed by atoms with Gasteiger partial charge < -0.3 is 20.3 Å². The minimum atomic E-state index is -1.34. The highest BCUT2D eigenvalue weighted by atomic mass is 16.4. The quantitative estimate of drug-likeness (QED) is 0.686. The number of aliphatic hydroxyl groups excluding tert-OH is 1. The Morgan fingerprint density at radius 2 is 2.15 bits per heavy atom. The van der Waals surface area contributed by atoms with Crippen molar-refractivity contribution in [2.45, 2.75) is 6.42 Å². The molecule has 0 saturated heterocycles. The number of hydrogen-bond donors (Lipinski definition) is 2. The Labute approximate surface area is 75.8 Å². The minimum absolute atomic E-state index is 0.00819. The van der Waals surface area contributed by atoms with Crippen molar-refractivity contribution in [1.29, 1.82) is 0 Å². The summed E-state index contributed by atoms with van der Waals surface area (Å²) in [6, 6.07) is 6.87. The van der Waals surface area contributed by atoms with Crippen molar-refractivity contribution in [3.05, 3.63) is 29.8 Å². The highest BCUT2D eigenvalue weighted by Gasteiger charge is 1.99. The fourth-order valence-electron chi connectivity index (χ4n) is 1.09. The molecule has 0 spiro atoms. The summed E-state index contributed by atoms with van der Waals surface area (Å²) in [5.74, 6) is 0. The number of carboxylic acid groups (broad SMARTS) is 1. The molecule has 0 bridgehead atoms. The van der Waals surface area contributed by atoms with Gasteiger partial charge in [0.25, 0.3) is 0 Å². The lowest BCUT2D eigenvalue weighted by molar-refractivity contribution is -0.242. The van der Waals surface area contributed by atoms with E-state index in [-0.39, 0.29) is 6.61 Å². The van der Waals surface area contributed by atoms with Crippen LogP contribution in [0.2, 0.25) is 0 Å². The van der Waals surface area contributed by atoms with Crippen LogP contribution in [-0.2, 0) is 6.42 Å². The van der Waals surface area contributed by atoms with Gasteiger partial charge in [0, 0.05) is 12.3 Å². The van der Waals surface area contributed by atoms with Crippen molar-refractivity contribution in [3.8, 4) is 0 Å². The van der Waals surface area contributed by atoms with Crippen LogP contribution in [-0.4, -0.2) is 17.8 Å². The second-order valence-electron chi connectivity index (χ2n) is 2.54. The lowest BCUT2D eigenvalue weighted by atomic mass is 10.1. The molecule has 0 saturated carbocycles. The van der Waals surface area contributed by atoms with E-state index in [1.165, 1.54) is 0 Å². The number of amides is 1. The van der Waals surface area contributed by atoms with E-state index < -0.39 is 6.09 Å². The maximum atomic E-state index is 10.2. The first kappa shape index (κ1) is 9.54. The average molecular weight is 180 g/mol. The Bertz CT molecular complexity index is 299. The molecule has 1 aromatic rings. The molecule has 1 rings (SSSR count). The molecule has 0 radical (unpaired) electrons. The summed E-state index contributed by atoms with van der Waals surface area (Å²) >= 11 is 0. The van der Waals surface area contributed by atoms with Gasteiger partial charge in [-0.15, -0.1) is 0 Å². The normalized spacial score (nSPS) is 9.62. The molecule has 70 valence electrons. The number of para-hydroxylation sites is 1. The number of hydrogen-bond acceptors (Lipinski definition) is 3. The van der Waals surface area contributed by atoms with E-state index in [9.17, 15) is 9.90 Å². The monoisotopic (exact) mass is 180 g/mol. The third-order valence-electron chi connectivity index (χ3n) is 1.64. The Balaban J connectivity index is 2.84. The second-order valence-corrected chi connectivity index (χ2v) is 2.54. The summed E-state index contributed by atoms with van der Waals surface area (Å²) in [4.78, 5) is 10.2. The van der Waals surface area contributed by atoms with Gasteiger partial charge in [-0.3, -0.25) is 0 Å². The van der Waals surface area contributed by atoms with Crippen LogP contribution in [0, 0.1) is 0 Å². The summed E-state index contributed by atoms with van der Waals surface area (Å²) in [5, 5.41) is 21.1. The Morgan fingerprint density at radius 3 is 2.77 bits per heavy atom. The number of aliphatic hydroxyl groups is 1. The van der Waals surface area contributed by atoms with Gasteiger partial charge in [-0.2, -0.15) is 0 Å². The van der Waals surface area contributed by atoms with E-state index in [1.54, 1.807) is 24.3 Å². The highest BCUT2D eigenvalue weighted by molar-refractivity contribution is 5.82. The molecule has 4 heteroatoms. The fourth-order valence-corrected chi connectivity index (χ4v) is 1.09. The lowest BCUT2D eigenvalue weighted by Gasteiger charge is -2.10. The van der Waals surface area contributed by atoms with Gasteiger partial charge >= 0.3 is 0 Å². The predicted octanol–water partition coefficient (Wildman–Crippen LogP) is -0.0234. The van der Waals surface area contributed by atoms with Crippen LogP contribution in [0.25, 0.3) is 0 Å². The summed E-state index contributed by atoms with van der Waals surface area (Å²) in [5.41, 5.74) is 1.23.